The van der Waals surface area contributed by atoms with Crippen LogP contribution in [-0.4, -0.2) is 68.0 Å². The van der Waals surface area contributed by atoms with Gasteiger partial charge in [0.1, 0.15) is 40.8 Å². The Morgan fingerprint density at radius 1 is 0.968 bits per heavy atom. The van der Waals surface area contributed by atoms with Crippen LogP contribution in [0.4, 0.5) is 0 Å². The van der Waals surface area contributed by atoms with Crippen LogP contribution in [0.15, 0.2) is 36.4 Å². The number of esters is 1. The number of ketones is 1. The highest BCUT2D eigenvalue weighted by Gasteiger charge is 2.46. The predicted molar refractivity (Wildman–Crippen MR) is 104 cm³/mol. The van der Waals surface area contributed by atoms with Crippen molar-refractivity contribution in [3.8, 4) is 23.0 Å². The van der Waals surface area contributed by atoms with E-state index in [2.05, 4.69) is 0 Å². The normalized spacial score (nSPS) is 25.6. The van der Waals surface area contributed by atoms with E-state index in [0.717, 1.165) is 19.1 Å². The molecule has 0 bridgehead atoms. The fourth-order valence-corrected chi connectivity index (χ4v) is 3.25. The molecule has 0 spiro atoms. The fourth-order valence-electron chi connectivity index (χ4n) is 3.25. The average Bonchev–Trinajstić information content (AvgIpc) is 2.69. The first-order valence-corrected chi connectivity index (χ1v) is 9.33. The van der Waals surface area contributed by atoms with E-state index in [1.54, 1.807) is 0 Å². The van der Waals surface area contributed by atoms with Crippen molar-refractivity contribution < 1.29 is 49.3 Å². The first kappa shape index (κ1) is 22.3. The second-order valence-electron chi connectivity index (χ2n) is 7.10. The summed E-state index contributed by atoms with van der Waals surface area (Å²) in [4.78, 5) is 24.1. The molecule has 0 aromatic heterocycles. The number of rotatable bonds is 5. The lowest BCUT2D eigenvalue weighted by atomic mass is 9.99. The molecule has 1 saturated heterocycles. The van der Waals surface area contributed by atoms with Gasteiger partial charge in [-0.15, -0.1) is 0 Å². The van der Waals surface area contributed by atoms with Gasteiger partial charge in [0.2, 0.25) is 12.1 Å². The quantitative estimate of drug-likeness (QED) is 0.336. The number of ether oxygens (including phenoxy) is 3. The highest BCUT2D eigenvalue weighted by Crippen LogP contribution is 2.37. The lowest BCUT2D eigenvalue weighted by molar-refractivity contribution is -0.272. The summed E-state index contributed by atoms with van der Waals surface area (Å²) < 4.78 is 16.0. The number of carbonyl (C=O) groups excluding carboxylic acids is 2. The number of carbonyl (C=O) groups is 2. The summed E-state index contributed by atoms with van der Waals surface area (Å²) in [5, 5.41) is 50.2. The largest absolute Gasteiger partial charge is 0.508 e. The Hall–Kier alpha value is -3.34. The Balaban J connectivity index is 1.92. The molecular weight excluding hydrogens is 412 g/mol. The topological polar surface area (TPSA) is 163 Å². The Bertz CT molecular complexity index is 971. The van der Waals surface area contributed by atoms with Gasteiger partial charge < -0.3 is 39.7 Å². The zero-order chi connectivity index (χ0) is 22.9. The minimum atomic E-state index is -1.68. The number of hydrogen-bond acceptors (Lipinski definition) is 10. The van der Waals surface area contributed by atoms with E-state index >= 15 is 0 Å². The molecule has 1 aliphatic heterocycles. The van der Waals surface area contributed by atoms with Crippen LogP contribution in [0, 0.1) is 0 Å². The van der Waals surface area contributed by atoms with Gasteiger partial charge in [-0.3, -0.25) is 9.59 Å². The van der Waals surface area contributed by atoms with Crippen LogP contribution in [0.1, 0.15) is 29.8 Å². The zero-order valence-corrected chi connectivity index (χ0v) is 16.6. The smallest absolute Gasteiger partial charge is 0.303 e. The van der Waals surface area contributed by atoms with E-state index in [-0.39, 0.29) is 22.6 Å². The molecule has 5 atom stereocenters. The number of benzene rings is 2. The highest BCUT2D eigenvalue weighted by atomic mass is 16.7. The number of hydrogen-bond donors (Lipinski definition) is 5. The molecule has 3 rings (SSSR count). The van der Waals surface area contributed by atoms with Gasteiger partial charge in [0, 0.05) is 24.6 Å². The standard InChI is InChI=1S/C21H22O10/c1-9-20(30-10(2)22)18(27)19(28)21(29-9)31-15-8-13(24)7-14(25)16(15)17(26)11-3-5-12(23)6-4-11/h3-9,18-21,23-25,27-28H,1-2H3/t9-,18-,19+,20-,21-/m0/s1. The van der Waals surface area contributed by atoms with Crippen molar-refractivity contribution in [3.63, 3.8) is 0 Å². The molecule has 1 fully saturated rings. The third kappa shape index (κ3) is 4.71. The van der Waals surface area contributed by atoms with Gasteiger partial charge in [-0.05, 0) is 31.2 Å². The molecule has 0 saturated carbocycles. The minimum absolute atomic E-state index is 0.0630. The van der Waals surface area contributed by atoms with Crippen molar-refractivity contribution in [2.45, 2.75) is 44.6 Å². The number of aromatic hydroxyl groups is 3. The van der Waals surface area contributed by atoms with Crippen molar-refractivity contribution in [2.24, 2.45) is 0 Å². The van der Waals surface area contributed by atoms with E-state index in [0.29, 0.717) is 0 Å². The summed E-state index contributed by atoms with van der Waals surface area (Å²) >= 11 is 0. The molecule has 0 aliphatic carbocycles. The second kappa shape index (κ2) is 8.80. The van der Waals surface area contributed by atoms with Gasteiger partial charge >= 0.3 is 5.97 Å². The molecule has 2 aromatic carbocycles. The summed E-state index contributed by atoms with van der Waals surface area (Å²) in [6, 6.07) is 7.20. The average molecular weight is 434 g/mol. The third-order valence-electron chi connectivity index (χ3n) is 4.74. The fraction of sp³-hybridized carbons (Fsp3) is 0.333. The second-order valence-corrected chi connectivity index (χ2v) is 7.10. The van der Waals surface area contributed by atoms with Crippen molar-refractivity contribution in [3.05, 3.63) is 47.5 Å². The van der Waals surface area contributed by atoms with Crippen LogP contribution in [-0.2, 0) is 14.3 Å². The van der Waals surface area contributed by atoms with E-state index in [9.17, 15) is 35.1 Å². The number of phenolic OH excluding ortho intramolecular Hbond substituents is 3. The first-order valence-electron chi connectivity index (χ1n) is 9.33. The van der Waals surface area contributed by atoms with Crippen LogP contribution >= 0.6 is 0 Å². The van der Waals surface area contributed by atoms with Gasteiger partial charge in [0.15, 0.2) is 6.10 Å². The van der Waals surface area contributed by atoms with E-state index < -0.39 is 54.0 Å². The van der Waals surface area contributed by atoms with Gasteiger partial charge in [0.05, 0.1) is 6.10 Å². The van der Waals surface area contributed by atoms with E-state index in [1.165, 1.54) is 31.2 Å². The van der Waals surface area contributed by atoms with Crippen LogP contribution in [0.3, 0.4) is 0 Å². The Morgan fingerprint density at radius 2 is 1.61 bits per heavy atom. The van der Waals surface area contributed by atoms with Crippen molar-refractivity contribution in [1.29, 1.82) is 0 Å². The maximum atomic E-state index is 12.9. The molecule has 0 radical (unpaired) electrons. The van der Waals surface area contributed by atoms with Crippen LogP contribution < -0.4 is 4.74 Å². The van der Waals surface area contributed by atoms with Crippen molar-refractivity contribution in [1.82, 2.24) is 0 Å². The minimum Gasteiger partial charge on any atom is -0.508 e. The lowest BCUT2D eigenvalue weighted by Gasteiger charge is -2.40. The summed E-state index contributed by atoms with van der Waals surface area (Å²) in [6.07, 6.45) is -6.77. The Morgan fingerprint density at radius 3 is 2.23 bits per heavy atom. The van der Waals surface area contributed by atoms with Gasteiger partial charge in [-0.2, -0.15) is 0 Å². The molecule has 1 heterocycles. The molecule has 10 heteroatoms. The number of phenols is 3. The maximum absolute atomic E-state index is 12.9. The molecule has 0 amide bonds. The molecule has 10 nitrogen and oxygen atoms in total. The summed E-state index contributed by atoms with van der Waals surface area (Å²) in [6.45, 7) is 2.63. The third-order valence-corrected chi connectivity index (χ3v) is 4.74. The maximum Gasteiger partial charge on any atom is 0.303 e. The van der Waals surface area contributed by atoms with E-state index in [4.69, 9.17) is 14.2 Å². The monoisotopic (exact) mass is 434 g/mol. The van der Waals surface area contributed by atoms with E-state index in [1.807, 2.05) is 0 Å². The molecule has 31 heavy (non-hydrogen) atoms. The van der Waals surface area contributed by atoms with Crippen LogP contribution in [0.2, 0.25) is 0 Å². The summed E-state index contributed by atoms with van der Waals surface area (Å²) in [5.41, 5.74) is -0.222. The lowest BCUT2D eigenvalue weighted by Crippen LogP contribution is -2.59. The van der Waals surface area contributed by atoms with Crippen molar-refractivity contribution in [2.75, 3.05) is 0 Å². The van der Waals surface area contributed by atoms with Crippen LogP contribution in [0.5, 0.6) is 23.0 Å². The van der Waals surface area contributed by atoms with Gasteiger partial charge in [-0.1, -0.05) is 0 Å². The SMILES string of the molecule is CC(=O)O[C@@H]1[C@@H](O)[C@@H](O)[C@H](Oc2cc(O)cc(O)c2C(=O)c2ccc(O)cc2)O[C@H]1C. The number of aliphatic hydroxyl groups is 2. The zero-order valence-electron chi connectivity index (χ0n) is 16.6. The summed E-state index contributed by atoms with van der Waals surface area (Å²) in [7, 11) is 0. The Kier molecular flexibility index (Phi) is 6.34. The van der Waals surface area contributed by atoms with Crippen LogP contribution in [0.25, 0.3) is 0 Å². The predicted octanol–water partition coefficient (Wildman–Crippen LogP) is 0.811. The first-order chi connectivity index (χ1) is 14.6. The molecule has 2 aromatic rings. The van der Waals surface area contributed by atoms with Gasteiger partial charge in [-0.25, -0.2) is 0 Å². The summed E-state index contributed by atoms with van der Waals surface area (Å²) in [5.74, 6) is -2.76. The van der Waals surface area contributed by atoms with Gasteiger partial charge in [0.25, 0.3) is 0 Å². The molecular formula is C21H22O10. The highest BCUT2D eigenvalue weighted by molar-refractivity contribution is 6.12. The molecule has 5 N–H and O–H groups in total. The molecule has 1 aliphatic rings. The molecule has 0 unspecified atom stereocenters. The Labute approximate surface area is 176 Å². The van der Waals surface area contributed by atoms with Crippen molar-refractivity contribution >= 4 is 11.8 Å². The number of aliphatic hydroxyl groups excluding tert-OH is 2. The molecule has 166 valence electrons.